The zero-order chi connectivity index (χ0) is 25.8. The van der Waals surface area contributed by atoms with E-state index in [9.17, 15) is 13.6 Å². The number of nitrogens with zero attached hydrogens (tertiary/aromatic N) is 5. The van der Waals surface area contributed by atoms with Gasteiger partial charge in [-0.05, 0) is 54.5 Å². The predicted molar refractivity (Wildman–Crippen MR) is 133 cm³/mol. The van der Waals surface area contributed by atoms with Crippen molar-refractivity contribution in [1.29, 1.82) is 0 Å². The maximum atomic E-state index is 14.4. The van der Waals surface area contributed by atoms with Gasteiger partial charge in [0.05, 0.1) is 17.3 Å². The third-order valence-electron chi connectivity index (χ3n) is 6.74. The normalized spacial score (nSPS) is 16.1. The number of aromatic nitrogens is 2. The highest BCUT2D eigenvalue weighted by Gasteiger charge is 2.39. The monoisotopic (exact) mass is 483 g/mol. The highest BCUT2D eigenvalue weighted by Crippen LogP contribution is 2.36. The van der Waals surface area contributed by atoms with Crippen LogP contribution < -0.4 is 0 Å². The summed E-state index contributed by atoms with van der Waals surface area (Å²) >= 11 is 0. The van der Waals surface area contributed by atoms with Crippen molar-refractivity contribution < 1.29 is 13.6 Å². The number of carbonyl (C=O) groups is 1. The molecule has 2 heterocycles. The molecule has 1 amide bonds. The van der Waals surface area contributed by atoms with Crippen molar-refractivity contribution in [3.63, 3.8) is 0 Å². The standard InChI is InChI=1S/C27H35F2N5O/c1-18(2)21(19(3)15-24(32-30-6)25-22(28)9-7-10-23(25)29)11-12-27(4,5)26(35)33-16-20(17-33)34-14-8-13-31-34/h7-10,13-15,18,20-21H,3,11-12,16-17H2,1-2,4-6H3/b24-15-,32-30?. The molecule has 0 N–H and O–H groups in total. The molecule has 35 heavy (non-hydrogen) atoms. The highest BCUT2D eigenvalue weighted by atomic mass is 19.1. The molecule has 1 aromatic heterocycles. The molecule has 1 aliphatic heterocycles. The van der Waals surface area contributed by atoms with Gasteiger partial charge < -0.3 is 4.90 Å². The van der Waals surface area contributed by atoms with E-state index in [4.69, 9.17) is 0 Å². The first-order chi connectivity index (χ1) is 16.5. The second kappa shape index (κ2) is 11.1. The lowest BCUT2D eigenvalue weighted by Crippen LogP contribution is -2.54. The lowest BCUT2D eigenvalue weighted by Gasteiger charge is -2.43. The topological polar surface area (TPSA) is 62.9 Å². The molecule has 0 bridgehead atoms. The quantitative estimate of drug-likeness (QED) is 0.294. The lowest BCUT2D eigenvalue weighted by molar-refractivity contribution is -0.147. The van der Waals surface area contributed by atoms with Gasteiger partial charge in [0.25, 0.3) is 0 Å². The number of hydrogen-bond donors (Lipinski definition) is 0. The highest BCUT2D eigenvalue weighted by molar-refractivity contribution is 5.82. The number of rotatable bonds is 10. The Morgan fingerprint density at radius 3 is 2.46 bits per heavy atom. The molecular weight excluding hydrogens is 448 g/mol. The van der Waals surface area contributed by atoms with Crippen LogP contribution in [0.15, 0.2) is 65.1 Å². The summed E-state index contributed by atoms with van der Waals surface area (Å²) in [6.07, 6.45) is 6.64. The summed E-state index contributed by atoms with van der Waals surface area (Å²) in [4.78, 5) is 15.1. The van der Waals surface area contributed by atoms with E-state index >= 15 is 0 Å². The number of allylic oxidation sites excluding steroid dienone is 2. The van der Waals surface area contributed by atoms with Gasteiger partial charge in [0, 0.05) is 37.9 Å². The summed E-state index contributed by atoms with van der Waals surface area (Å²) in [5, 5.41) is 12.0. The number of hydrogen-bond acceptors (Lipinski definition) is 4. The molecule has 0 spiro atoms. The van der Waals surface area contributed by atoms with Gasteiger partial charge in [0.15, 0.2) is 0 Å². The Bertz CT molecular complexity index is 1080. The van der Waals surface area contributed by atoms with Crippen LogP contribution in [0, 0.1) is 28.9 Å². The van der Waals surface area contributed by atoms with Gasteiger partial charge in [-0.25, -0.2) is 8.78 Å². The lowest BCUT2D eigenvalue weighted by atomic mass is 9.77. The van der Waals surface area contributed by atoms with E-state index in [1.807, 2.05) is 35.7 Å². The molecule has 0 aliphatic carbocycles. The Morgan fingerprint density at radius 1 is 1.26 bits per heavy atom. The van der Waals surface area contributed by atoms with Crippen LogP contribution in [0.4, 0.5) is 8.78 Å². The molecule has 1 aromatic carbocycles. The van der Waals surface area contributed by atoms with Crippen LogP contribution in [0.5, 0.6) is 0 Å². The zero-order valence-corrected chi connectivity index (χ0v) is 21.2. The minimum atomic E-state index is -0.702. The minimum Gasteiger partial charge on any atom is -0.338 e. The van der Waals surface area contributed by atoms with Crippen LogP contribution in [0.1, 0.15) is 52.1 Å². The zero-order valence-electron chi connectivity index (χ0n) is 21.2. The van der Waals surface area contributed by atoms with Crippen molar-refractivity contribution in [3.8, 4) is 0 Å². The molecule has 1 atom stereocenters. The molecule has 1 fully saturated rings. The van der Waals surface area contributed by atoms with E-state index in [0.29, 0.717) is 31.5 Å². The average molecular weight is 484 g/mol. The van der Waals surface area contributed by atoms with E-state index in [-0.39, 0.29) is 35.0 Å². The van der Waals surface area contributed by atoms with Crippen LogP contribution in [0.2, 0.25) is 0 Å². The number of azo groups is 1. The molecule has 1 aliphatic rings. The van der Waals surface area contributed by atoms with Gasteiger partial charge in [-0.15, -0.1) is 0 Å². The van der Waals surface area contributed by atoms with Crippen LogP contribution in [0.3, 0.4) is 0 Å². The molecule has 1 unspecified atom stereocenters. The van der Waals surface area contributed by atoms with E-state index in [1.54, 1.807) is 12.3 Å². The number of amides is 1. The molecule has 2 aromatic rings. The maximum Gasteiger partial charge on any atom is 0.228 e. The van der Waals surface area contributed by atoms with E-state index in [2.05, 4.69) is 35.8 Å². The van der Waals surface area contributed by atoms with Crippen molar-refractivity contribution in [2.75, 3.05) is 20.1 Å². The minimum absolute atomic E-state index is 0.00665. The largest absolute Gasteiger partial charge is 0.338 e. The Labute approximate surface area is 206 Å². The Hall–Kier alpha value is -3.16. The third kappa shape index (κ3) is 6.10. The summed E-state index contributed by atoms with van der Waals surface area (Å²) in [5.74, 6) is -1.06. The first kappa shape index (κ1) is 26.4. The number of benzene rings is 1. The van der Waals surface area contributed by atoms with Gasteiger partial charge in [-0.2, -0.15) is 15.3 Å². The molecule has 0 saturated carbocycles. The van der Waals surface area contributed by atoms with Crippen LogP contribution >= 0.6 is 0 Å². The molecule has 188 valence electrons. The Kier molecular flexibility index (Phi) is 8.35. The van der Waals surface area contributed by atoms with Crippen molar-refractivity contribution in [1.82, 2.24) is 14.7 Å². The van der Waals surface area contributed by atoms with Gasteiger partial charge in [0.2, 0.25) is 5.91 Å². The van der Waals surface area contributed by atoms with Crippen LogP contribution in [-0.4, -0.2) is 40.7 Å². The van der Waals surface area contributed by atoms with E-state index < -0.39 is 17.0 Å². The fourth-order valence-corrected chi connectivity index (χ4v) is 4.57. The van der Waals surface area contributed by atoms with Gasteiger partial charge in [0.1, 0.15) is 11.6 Å². The van der Waals surface area contributed by atoms with E-state index in [0.717, 1.165) is 0 Å². The molecule has 6 nitrogen and oxygen atoms in total. The summed E-state index contributed by atoms with van der Waals surface area (Å²) in [7, 11) is 1.45. The van der Waals surface area contributed by atoms with Gasteiger partial charge >= 0.3 is 0 Å². The third-order valence-corrected chi connectivity index (χ3v) is 6.74. The molecule has 8 heteroatoms. The summed E-state index contributed by atoms with van der Waals surface area (Å²) < 4.78 is 30.7. The molecule has 1 saturated heterocycles. The van der Waals surface area contributed by atoms with Crippen LogP contribution in [-0.2, 0) is 4.79 Å². The molecule has 0 radical (unpaired) electrons. The molecule has 3 rings (SSSR count). The number of carbonyl (C=O) groups excluding carboxylic acids is 1. The second-order valence-corrected chi connectivity index (χ2v) is 10.1. The summed E-state index contributed by atoms with van der Waals surface area (Å²) in [5.41, 5.74) is 0.0348. The van der Waals surface area contributed by atoms with Crippen molar-refractivity contribution >= 4 is 11.6 Å². The Morgan fingerprint density at radius 2 is 1.91 bits per heavy atom. The first-order valence-corrected chi connectivity index (χ1v) is 12.0. The predicted octanol–water partition coefficient (Wildman–Crippen LogP) is 6.30. The first-order valence-electron chi connectivity index (χ1n) is 12.0. The van der Waals surface area contributed by atoms with Gasteiger partial charge in [-0.1, -0.05) is 40.3 Å². The van der Waals surface area contributed by atoms with Crippen LogP contribution in [0.25, 0.3) is 5.70 Å². The summed E-state index contributed by atoms with van der Waals surface area (Å²) in [6.45, 7) is 13.6. The van der Waals surface area contributed by atoms with Crippen molar-refractivity contribution in [3.05, 3.63) is 72.1 Å². The Balaban J connectivity index is 1.70. The van der Waals surface area contributed by atoms with Crippen molar-refractivity contribution in [2.24, 2.45) is 27.5 Å². The fraction of sp³-hybridized carbons (Fsp3) is 0.481. The van der Waals surface area contributed by atoms with E-state index in [1.165, 1.54) is 25.2 Å². The van der Waals surface area contributed by atoms with Crippen molar-refractivity contribution in [2.45, 2.75) is 46.6 Å². The average Bonchev–Trinajstić information content (AvgIpc) is 3.26. The second-order valence-electron chi connectivity index (χ2n) is 10.1. The maximum absolute atomic E-state index is 14.4. The number of likely N-dealkylation sites (tertiary alicyclic amines) is 1. The molecular formula is C27H35F2N5O. The summed E-state index contributed by atoms with van der Waals surface area (Å²) in [6, 6.07) is 5.81. The number of halogens is 2. The smallest absolute Gasteiger partial charge is 0.228 e. The fourth-order valence-electron chi connectivity index (χ4n) is 4.57. The van der Waals surface area contributed by atoms with Gasteiger partial charge in [-0.3, -0.25) is 9.48 Å². The SMILES string of the molecule is C=C(/C=C(\N=NC)c1c(F)cccc1F)C(CCC(C)(C)C(=O)N1CC(n2cccn2)C1)C(C)C.